The van der Waals surface area contributed by atoms with Crippen LogP contribution >= 0.6 is 47.8 Å². The summed E-state index contributed by atoms with van der Waals surface area (Å²) < 4.78 is 39.4. The van der Waals surface area contributed by atoms with Crippen LogP contribution in [0, 0.1) is 0 Å². The molecular weight excluding hydrogens is 525 g/mol. The molecule has 9 heteroatoms. The fraction of sp³-hybridized carbons (Fsp3) is 0.0625. The summed E-state index contributed by atoms with van der Waals surface area (Å²) in [7, 11) is 1.57. The monoisotopic (exact) mass is 532 g/mol. The molecule has 0 saturated carbocycles. The second-order valence-corrected chi connectivity index (χ2v) is 8.08. The molecule has 3 nitrogen and oxygen atoms in total. The van der Waals surface area contributed by atoms with E-state index in [1.807, 2.05) is 18.2 Å². The highest BCUT2D eigenvalue weighted by molar-refractivity contribution is 9.18. The summed E-state index contributed by atoms with van der Waals surface area (Å²) in [4.78, 5) is 0. The SMILES string of the molecule is COc1cccc(Br)c1C1=C2C=CC(Br)=[N+]2[B-](F)(F)n2c(Br)ccc21. The van der Waals surface area contributed by atoms with Crippen molar-refractivity contribution in [2.45, 2.75) is 0 Å². The molecule has 0 aliphatic carbocycles. The molecule has 1 aromatic heterocycles. The Labute approximate surface area is 168 Å². The summed E-state index contributed by atoms with van der Waals surface area (Å²) >= 11 is 10.1. The van der Waals surface area contributed by atoms with E-state index in [1.54, 1.807) is 31.4 Å². The van der Waals surface area contributed by atoms with Gasteiger partial charge in [-0.15, -0.1) is 0 Å². The molecule has 0 unspecified atom stereocenters. The Morgan fingerprint density at radius 3 is 2.56 bits per heavy atom. The van der Waals surface area contributed by atoms with Crippen molar-refractivity contribution in [2.24, 2.45) is 0 Å². The van der Waals surface area contributed by atoms with E-state index in [0.717, 1.165) is 19.0 Å². The second kappa shape index (κ2) is 5.92. The number of nitrogens with zero attached hydrogens (tertiary/aromatic N) is 2. The molecule has 2 aromatic rings. The van der Waals surface area contributed by atoms with Gasteiger partial charge in [0, 0.05) is 43.8 Å². The lowest BCUT2D eigenvalue weighted by molar-refractivity contribution is -0.358. The van der Waals surface area contributed by atoms with Gasteiger partial charge in [-0.3, -0.25) is 0 Å². The molecule has 3 heterocycles. The molecule has 1 aromatic carbocycles. The van der Waals surface area contributed by atoms with E-state index in [1.165, 1.54) is 0 Å². The van der Waals surface area contributed by atoms with E-state index in [0.29, 0.717) is 31.9 Å². The van der Waals surface area contributed by atoms with Crippen LogP contribution in [-0.2, 0) is 0 Å². The van der Waals surface area contributed by atoms with Gasteiger partial charge in [0.1, 0.15) is 5.75 Å². The molecule has 0 atom stereocenters. The fourth-order valence-corrected chi connectivity index (χ4v) is 4.99. The van der Waals surface area contributed by atoms with Crippen molar-refractivity contribution >= 4 is 65.0 Å². The first-order valence-corrected chi connectivity index (χ1v) is 9.72. The van der Waals surface area contributed by atoms with E-state index in [9.17, 15) is 0 Å². The Balaban J connectivity index is 2.16. The van der Waals surface area contributed by atoms with Gasteiger partial charge in [0.25, 0.3) is 0 Å². The Morgan fingerprint density at radius 2 is 1.84 bits per heavy atom. The highest BCUT2D eigenvalue weighted by atomic mass is 79.9. The molecule has 0 saturated heterocycles. The minimum Gasteiger partial charge on any atom is -0.496 e. The molecule has 128 valence electrons. The second-order valence-electron chi connectivity index (χ2n) is 5.60. The number of rotatable bonds is 2. The van der Waals surface area contributed by atoms with Crippen LogP contribution in [0.2, 0.25) is 0 Å². The van der Waals surface area contributed by atoms with Gasteiger partial charge in [-0.05, 0) is 40.2 Å². The van der Waals surface area contributed by atoms with Gasteiger partial charge >= 0.3 is 6.97 Å². The first kappa shape index (κ1) is 17.2. The van der Waals surface area contributed by atoms with E-state index < -0.39 is 6.97 Å². The average Bonchev–Trinajstić information content (AvgIpc) is 3.13. The van der Waals surface area contributed by atoms with Crippen LogP contribution in [0.5, 0.6) is 5.75 Å². The molecule has 0 spiro atoms. The third-order valence-electron chi connectivity index (χ3n) is 4.32. The molecule has 25 heavy (non-hydrogen) atoms. The van der Waals surface area contributed by atoms with Crippen molar-refractivity contribution in [3.63, 3.8) is 0 Å². The van der Waals surface area contributed by atoms with Gasteiger partial charge < -0.3 is 22.3 Å². The summed E-state index contributed by atoms with van der Waals surface area (Å²) in [6, 6.07) is 8.86. The zero-order chi connectivity index (χ0) is 17.9. The van der Waals surface area contributed by atoms with Gasteiger partial charge in [0.05, 0.1) is 17.3 Å². The highest BCUT2D eigenvalue weighted by Gasteiger charge is 2.54. The number of hydrogen-bond acceptors (Lipinski definition) is 1. The molecule has 4 rings (SSSR count). The van der Waals surface area contributed by atoms with Gasteiger partial charge in [0.2, 0.25) is 4.62 Å². The third kappa shape index (κ3) is 2.35. The van der Waals surface area contributed by atoms with Gasteiger partial charge in [-0.1, -0.05) is 22.0 Å². The quantitative estimate of drug-likeness (QED) is 0.472. The van der Waals surface area contributed by atoms with Crippen LogP contribution in [0.3, 0.4) is 0 Å². The molecule has 2 aliphatic rings. The summed E-state index contributed by atoms with van der Waals surface area (Å²) in [6.45, 7) is -4.03. The van der Waals surface area contributed by atoms with Crippen molar-refractivity contribution in [2.75, 3.05) is 7.11 Å². The Hall–Kier alpha value is -1.19. The lowest BCUT2D eigenvalue weighted by Crippen LogP contribution is -2.50. The maximum absolute atomic E-state index is 15.2. The molecule has 0 amide bonds. The highest BCUT2D eigenvalue weighted by Crippen LogP contribution is 2.46. The molecule has 0 N–H and O–H groups in total. The Morgan fingerprint density at radius 1 is 1.08 bits per heavy atom. The smallest absolute Gasteiger partial charge is 0.496 e. The van der Waals surface area contributed by atoms with E-state index >= 15 is 8.63 Å². The summed E-state index contributed by atoms with van der Waals surface area (Å²) in [5, 5.41) is 0. The van der Waals surface area contributed by atoms with Crippen LogP contribution in [0.15, 0.2) is 57.3 Å². The number of aromatic nitrogens is 1. The summed E-state index contributed by atoms with van der Waals surface area (Å²) in [6.07, 6.45) is 3.33. The van der Waals surface area contributed by atoms with Crippen molar-refractivity contribution in [1.29, 1.82) is 0 Å². The van der Waals surface area contributed by atoms with Gasteiger partial charge in [-0.25, -0.2) is 0 Å². The van der Waals surface area contributed by atoms with Crippen molar-refractivity contribution in [1.82, 2.24) is 4.48 Å². The van der Waals surface area contributed by atoms with Crippen LogP contribution in [0.25, 0.3) is 5.57 Å². The van der Waals surface area contributed by atoms with Gasteiger partial charge in [-0.2, -0.15) is 0 Å². The average molecular weight is 535 g/mol. The number of ether oxygens (including phenoxy) is 1. The van der Waals surface area contributed by atoms with E-state index in [2.05, 4.69) is 47.8 Å². The van der Waals surface area contributed by atoms with Crippen molar-refractivity contribution in [3.05, 3.63) is 68.5 Å². The number of allylic oxidation sites excluding steroid dienone is 2. The lowest BCUT2D eigenvalue weighted by atomic mass is 9.86. The Kier molecular flexibility index (Phi) is 4.08. The zero-order valence-corrected chi connectivity index (χ0v) is 17.6. The first-order valence-electron chi connectivity index (χ1n) is 7.34. The fourth-order valence-electron chi connectivity index (χ4n) is 3.31. The van der Waals surface area contributed by atoms with Crippen molar-refractivity contribution < 1.29 is 17.9 Å². The predicted octanol–water partition coefficient (Wildman–Crippen LogP) is 5.39. The molecular formula is C16H10BBr3F2N2O. The molecule has 0 radical (unpaired) electrons. The predicted molar refractivity (Wildman–Crippen MR) is 106 cm³/mol. The maximum Gasteiger partial charge on any atom is 0.738 e. The van der Waals surface area contributed by atoms with Crippen LogP contribution in [-0.4, -0.2) is 27.7 Å². The van der Waals surface area contributed by atoms with Crippen LogP contribution in [0.4, 0.5) is 8.63 Å². The minimum absolute atomic E-state index is 0.322. The largest absolute Gasteiger partial charge is 0.738 e. The number of hydrogen-bond donors (Lipinski definition) is 0. The summed E-state index contributed by atoms with van der Waals surface area (Å²) in [5.74, 6) is 0.606. The number of benzene rings is 1. The number of fused-ring (bicyclic) bond motifs is 2. The number of methoxy groups -OCH3 is 1. The topological polar surface area (TPSA) is 17.2 Å². The van der Waals surface area contributed by atoms with E-state index in [4.69, 9.17) is 4.74 Å². The molecule has 0 fully saturated rings. The third-order valence-corrected chi connectivity index (χ3v) is 6.27. The van der Waals surface area contributed by atoms with Gasteiger partial charge in [0.15, 0.2) is 5.70 Å². The minimum atomic E-state index is -4.03. The standard InChI is InChI=1S/C16H10BBr3F2N2O/c1-25-12-4-2-3-9(18)15(12)16-10-5-7-13(19)23(10)17(21,22)24-11(16)6-8-14(24)20/h2-8H,1H3. The van der Waals surface area contributed by atoms with Crippen molar-refractivity contribution in [3.8, 4) is 5.75 Å². The number of halogens is 5. The Bertz CT molecular complexity index is 1010. The lowest BCUT2D eigenvalue weighted by Gasteiger charge is -2.32. The normalized spacial score (nSPS) is 17.8. The zero-order valence-electron chi connectivity index (χ0n) is 12.8. The molecule has 0 bridgehead atoms. The summed E-state index contributed by atoms with van der Waals surface area (Å²) in [5.41, 5.74) is 2.27. The first-order chi connectivity index (χ1) is 11.9. The molecule has 2 aliphatic heterocycles. The maximum atomic E-state index is 15.2. The van der Waals surface area contributed by atoms with Crippen LogP contribution < -0.4 is 4.74 Å². The van der Waals surface area contributed by atoms with Crippen LogP contribution in [0.1, 0.15) is 11.3 Å². The van der Waals surface area contributed by atoms with E-state index in [-0.39, 0.29) is 0 Å².